The third-order valence-electron chi connectivity index (χ3n) is 4.60. The van der Waals surface area contributed by atoms with Crippen molar-refractivity contribution in [2.75, 3.05) is 31.8 Å². The molecular formula is C22H24N4O5S2. The first-order chi connectivity index (χ1) is 15.9. The number of anilines is 1. The summed E-state index contributed by atoms with van der Waals surface area (Å²) < 4.78 is 12.2. The Morgan fingerprint density at radius 3 is 2.58 bits per heavy atom. The lowest BCUT2D eigenvalue weighted by molar-refractivity contribution is -0.113. The highest BCUT2D eigenvalue weighted by molar-refractivity contribution is 7.99. The molecule has 0 radical (unpaired) electrons. The molecule has 0 saturated heterocycles. The van der Waals surface area contributed by atoms with Crippen molar-refractivity contribution in [3.63, 3.8) is 0 Å². The average molecular weight is 489 g/mol. The number of thiophene rings is 1. The fraction of sp³-hybridized carbons (Fsp3) is 0.273. The highest BCUT2D eigenvalue weighted by Gasteiger charge is 2.26. The number of nitrogens with one attached hydrogen (secondary N) is 2. The summed E-state index contributed by atoms with van der Waals surface area (Å²) in [5.41, 5.74) is 1.54. The van der Waals surface area contributed by atoms with Gasteiger partial charge in [0.25, 0.3) is 5.91 Å². The van der Waals surface area contributed by atoms with Crippen LogP contribution in [0.4, 0.5) is 5.00 Å². The third-order valence-corrected chi connectivity index (χ3v) is 6.78. The molecule has 1 aromatic carbocycles. The number of carbonyl (C=O) groups excluding carboxylic acids is 3. The molecule has 33 heavy (non-hydrogen) atoms. The van der Waals surface area contributed by atoms with Crippen LogP contribution in [0.5, 0.6) is 5.75 Å². The monoisotopic (exact) mass is 488 g/mol. The molecule has 3 rings (SSSR count). The van der Waals surface area contributed by atoms with Crippen molar-refractivity contribution in [1.29, 1.82) is 0 Å². The number of aromatic nitrogens is 2. The Morgan fingerprint density at radius 1 is 1.21 bits per heavy atom. The Kier molecular flexibility index (Phi) is 8.12. The number of thioether (sulfide) groups is 1. The molecule has 174 valence electrons. The van der Waals surface area contributed by atoms with Crippen molar-refractivity contribution in [2.24, 2.45) is 0 Å². The maximum absolute atomic E-state index is 12.7. The molecule has 0 unspecified atom stereocenters. The summed E-state index contributed by atoms with van der Waals surface area (Å²) in [4.78, 5) is 42.0. The summed E-state index contributed by atoms with van der Waals surface area (Å²) in [6.07, 6.45) is 3.46. The van der Waals surface area contributed by atoms with Gasteiger partial charge in [0, 0.05) is 25.1 Å². The quantitative estimate of drug-likeness (QED) is 0.350. The van der Waals surface area contributed by atoms with E-state index < -0.39 is 5.97 Å². The first kappa shape index (κ1) is 24.3. The van der Waals surface area contributed by atoms with E-state index in [4.69, 9.17) is 9.47 Å². The number of rotatable bonds is 9. The lowest BCUT2D eigenvalue weighted by Crippen LogP contribution is -2.18. The topological polar surface area (TPSA) is 112 Å². The van der Waals surface area contributed by atoms with Gasteiger partial charge in [-0.15, -0.1) is 11.3 Å². The van der Waals surface area contributed by atoms with Gasteiger partial charge in [0.1, 0.15) is 10.8 Å². The van der Waals surface area contributed by atoms with E-state index in [1.807, 2.05) is 28.8 Å². The second-order valence-electron chi connectivity index (χ2n) is 6.67. The lowest BCUT2D eigenvalue weighted by Gasteiger charge is -2.09. The smallest absolute Gasteiger partial charge is 0.341 e. The van der Waals surface area contributed by atoms with Crippen molar-refractivity contribution < 1.29 is 23.9 Å². The average Bonchev–Trinajstić information content (AvgIpc) is 3.41. The zero-order valence-electron chi connectivity index (χ0n) is 18.6. The van der Waals surface area contributed by atoms with Gasteiger partial charge < -0.3 is 20.1 Å². The first-order valence-electron chi connectivity index (χ1n) is 10.0. The molecule has 0 fully saturated rings. The number of amides is 2. The minimum atomic E-state index is -0.584. The van der Waals surface area contributed by atoms with Crippen LogP contribution < -0.4 is 15.4 Å². The zero-order valence-corrected chi connectivity index (χ0v) is 20.3. The SMILES string of the molecule is CCOC(=O)c1c(NC(=O)CSc2nccn2-c2ccc(OC)cc2)sc(C(=O)NC)c1C. The lowest BCUT2D eigenvalue weighted by atomic mass is 10.1. The molecule has 0 aliphatic rings. The summed E-state index contributed by atoms with van der Waals surface area (Å²) in [5.74, 6) is -0.451. The van der Waals surface area contributed by atoms with E-state index in [0.717, 1.165) is 22.8 Å². The van der Waals surface area contributed by atoms with Crippen LogP contribution in [0.1, 0.15) is 32.5 Å². The van der Waals surface area contributed by atoms with Crippen molar-refractivity contribution in [2.45, 2.75) is 19.0 Å². The maximum atomic E-state index is 12.7. The molecule has 0 spiro atoms. The van der Waals surface area contributed by atoms with Crippen molar-refractivity contribution in [1.82, 2.24) is 14.9 Å². The number of nitrogens with zero attached hydrogens (tertiary/aromatic N) is 2. The van der Waals surface area contributed by atoms with Crippen LogP contribution in [0.25, 0.3) is 5.69 Å². The Balaban J connectivity index is 1.75. The van der Waals surface area contributed by atoms with Crippen LogP contribution in [-0.2, 0) is 9.53 Å². The highest BCUT2D eigenvalue weighted by Crippen LogP contribution is 2.34. The Bertz CT molecular complexity index is 1150. The third kappa shape index (κ3) is 5.55. The van der Waals surface area contributed by atoms with E-state index in [9.17, 15) is 14.4 Å². The van der Waals surface area contributed by atoms with Crippen LogP contribution in [0.2, 0.25) is 0 Å². The van der Waals surface area contributed by atoms with E-state index in [1.165, 1.54) is 18.8 Å². The number of methoxy groups -OCH3 is 1. The van der Waals surface area contributed by atoms with Crippen LogP contribution in [-0.4, -0.2) is 53.9 Å². The number of hydrogen-bond acceptors (Lipinski definition) is 8. The largest absolute Gasteiger partial charge is 0.497 e. The van der Waals surface area contributed by atoms with E-state index in [2.05, 4.69) is 15.6 Å². The summed E-state index contributed by atoms with van der Waals surface area (Å²) in [6, 6.07) is 7.48. The van der Waals surface area contributed by atoms with Gasteiger partial charge in [-0.05, 0) is 43.7 Å². The van der Waals surface area contributed by atoms with E-state index in [1.54, 1.807) is 33.4 Å². The normalized spacial score (nSPS) is 10.5. The minimum absolute atomic E-state index is 0.0572. The molecule has 2 aromatic heterocycles. The molecule has 2 amide bonds. The number of carbonyl (C=O) groups is 3. The first-order valence-corrected chi connectivity index (χ1v) is 11.8. The maximum Gasteiger partial charge on any atom is 0.341 e. The highest BCUT2D eigenvalue weighted by atomic mass is 32.2. The van der Waals surface area contributed by atoms with E-state index >= 15 is 0 Å². The molecule has 9 nitrogen and oxygen atoms in total. The van der Waals surface area contributed by atoms with E-state index in [-0.39, 0.29) is 34.7 Å². The summed E-state index contributed by atoms with van der Waals surface area (Å²) in [6.45, 7) is 3.53. The Morgan fingerprint density at radius 2 is 1.94 bits per heavy atom. The molecule has 0 aliphatic carbocycles. The van der Waals surface area contributed by atoms with Gasteiger partial charge >= 0.3 is 5.97 Å². The predicted octanol–water partition coefficient (Wildman–Crippen LogP) is 3.52. The van der Waals surface area contributed by atoms with Gasteiger partial charge in [0.15, 0.2) is 5.16 Å². The number of ether oxygens (including phenoxy) is 2. The van der Waals surface area contributed by atoms with Gasteiger partial charge in [0.05, 0.1) is 29.9 Å². The van der Waals surface area contributed by atoms with Crippen LogP contribution in [0, 0.1) is 6.92 Å². The molecule has 11 heteroatoms. The number of hydrogen-bond donors (Lipinski definition) is 2. The van der Waals surface area contributed by atoms with Gasteiger partial charge in [0.2, 0.25) is 5.91 Å². The molecule has 0 saturated carbocycles. The summed E-state index contributed by atoms with van der Waals surface area (Å²) in [5, 5.41) is 6.21. The Labute approximate surface area is 199 Å². The molecule has 0 aliphatic heterocycles. The van der Waals surface area contributed by atoms with Gasteiger partial charge in [-0.1, -0.05) is 11.8 Å². The van der Waals surface area contributed by atoms with Gasteiger partial charge in [-0.2, -0.15) is 0 Å². The number of benzene rings is 1. The van der Waals surface area contributed by atoms with Crippen molar-refractivity contribution >= 4 is 45.9 Å². The molecule has 0 atom stereocenters. The molecular weight excluding hydrogens is 464 g/mol. The second-order valence-corrected chi connectivity index (χ2v) is 8.64. The van der Waals surface area contributed by atoms with Crippen molar-refractivity contribution in [3.8, 4) is 11.4 Å². The molecule has 0 bridgehead atoms. The number of esters is 1. The van der Waals surface area contributed by atoms with Crippen molar-refractivity contribution in [3.05, 3.63) is 52.7 Å². The summed E-state index contributed by atoms with van der Waals surface area (Å²) in [7, 11) is 3.11. The fourth-order valence-electron chi connectivity index (χ4n) is 3.01. The standard InChI is InChI=1S/C22H24N4O5S2/c1-5-31-21(29)17-13(2)18(19(28)23-3)33-20(17)25-16(27)12-32-22-24-10-11-26(22)14-6-8-15(30-4)9-7-14/h6-11H,5,12H2,1-4H3,(H,23,28)(H,25,27). The van der Waals surface area contributed by atoms with E-state index in [0.29, 0.717) is 15.6 Å². The number of imidazole rings is 1. The second kappa shape index (κ2) is 11.0. The Hall–Kier alpha value is -3.31. The van der Waals surface area contributed by atoms with Crippen LogP contribution >= 0.6 is 23.1 Å². The minimum Gasteiger partial charge on any atom is -0.497 e. The predicted molar refractivity (Wildman–Crippen MR) is 128 cm³/mol. The van der Waals surface area contributed by atoms with Crippen LogP contribution in [0.3, 0.4) is 0 Å². The molecule has 2 heterocycles. The molecule has 3 aromatic rings. The fourth-order valence-corrected chi connectivity index (χ4v) is 4.94. The molecule has 2 N–H and O–H groups in total. The van der Waals surface area contributed by atoms with Gasteiger partial charge in [-0.25, -0.2) is 9.78 Å². The zero-order chi connectivity index (χ0) is 24.0. The van der Waals surface area contributed by atoms with Crippen LogP contribution in [0.15, 0.2) is 41.8 Å². The van der Waals surface area contributed by atoms with Gasteiger partial charge in [-0.3, -0.25) is 14.2 Å². The summed E-state index contributed by atoms with van der Waals surface area (Å²) >= 11 is 2.29.